The van der Waals surface area contributed by atoms with Crippen molar-refractivity contribution in [3.05, 3.63) is 53.9 Å². The van der Waals surface area contributed by atoms with Gasteiger partial charge in [-0.2, -0.15) is 0 Å². The van der Waals surface area contributed by atoms with Gasteiger partial charge in [0.1, 0.15) is 0 Å². The van der Waals surface area contributed by atoms with Gasteiger partial charge in [0.2, 0.25) is 0 Å². The van der Waals surface area contributed by atoms with Gasteiger partial charge in [-0.3, -0.25) is 4.98 Å². The predicted molar refractivity (Wildman–Crippen MR) is 80.8 cm³/mol. The first kappa shape index (κ1) is 15.1. The molecule has 1 N–H and O–H groups in total. The molecule has 0 radical (unpaired) electrons. The summed E-state index contributed by atoms with van der Waals surface area (Å²) in [6, 6.07) is 9.55. The lowest BCUT2D eigenvalue weighted by Gasteiger charge is -2.30. The number of rotatable bonds is 3. The van der Waals surface area contributed by atoms with Gasteiger partial charge in [0.15, 0.2) is 0 Å². The van der Waals surface area contributed by atoms with E-state index in [1.54, 1.807) is 6.20 Å². The maximum Gasteiger partial charge on any atom is 0.265 e. The summed E-state index contributed by atoms with van der Waals surface area (Å²) in [5, 5.41) is 3.38. The van der Waals surface area contributed by atoms with Crippen molar-refractivity contribution in [3.8, 4) is 11.1 Å². The average molecular weight is 304 g/mol. The number of aromatic nitrogens is 1. The summed E-state index contributed by atoms with van der Waals surface area (Å²) in [6.07, 6.45) is 0.316. The van der Waals surface area contributed by atoms with Crippen LogP contribution in [0.2, 0.25) is 0 Å². The summed E-state index contributed by atoms with van der Waals surface area (Å²) in [5.74, 6) is 0. The standard InChI is InChI=1S/C17H18F2N2O/c1-11-16(22-7-6-21-11)13-4-2-12(3-5-13)14-8-15(17(18)19)10-20-9-14/h2-5,8-11,16-17,21H,6-7H2,1H3/t11-,16+/m0/s1. The molecule has 1 saturated heterocycles. The number of ether oxygens (including phenoxy) is 1. The Hall–Kier alpha value is -1.85. The molecule has 0 unspecified atom stereocenters. The van der Waals surface area contributed by atoms with E-state index in [2.05, 4.69) is 17.2 Å². The monoisotopic (exact) mass is 304 g/mol. The summed E-state index contributed by atoms with van der Waals surface area (Å²) in [6.45, 7) is 3.65. The second-order valence-electron chi connectivity index (χ2n) is 5.46. The maximum atomic E-state index is 12.7. The molecule has 0 amide bonds. The number of alkyl halides is 2. The van der Waals surface area contributed by atoms with Gasteiger partial charge in [-0.05, 0) is 24.1 Å². The van der Waals surface area contributed by atoms with Gasteiger partial charge < -0.3 is 10.1 Å². The molecule has 5 heteroatoms. The molecule has 3 nitrogen and oxygen atoms in total. The predicted octanol–water partition coefficient (Wildman–Crippen LogP) is 3.74. The van der Waals surface area contributed by atoms with E-state index in [4.69, 9.17) is 4.74 Å². The van der Waals surface area contributed by atoms with Crippen molar-refractivity contribution >= 4 is 0 Å². The molecule has 1 aromatic carbocycles. The molecule has 1 fully saturated rings. The van der Waals surface area contributed by atoms with Crippen molar-refractivity contribution in [3.63, 3.8) is 0 Å². The third kappa shape index (κ3) is 3.15. The molecule has 0 saturated carbocycles. The summed E-state index contributed by atoms with van der Waals surface area (Å²) in [5.41, 5.74) is 2.59. The number of hydrogen-bond acceptors (Lipinski definition) is 3. The molecule has 0 aliphatic carbocycles. The van der Waals surface area contributed by atoms with Gasteiger partial charge in [-0.1, -0.05) is 24.3 Å². The Balaban J connectivity index is 1.83. The first-order valence-electron chi connectivity index (χ1n) is 7.33. The second kappa shape index (κ2) is 6.50. The quantitative estimate of drug-likeness (QED) is 0.938. The third-order valence-corrected chi connectivity index (χ3v) is 3.90. The molecule has 2 atom stereocenters. The van der Waals surface area contributed by atoms with Crippen molar-refractivity contribution in [2.24, 2.45) is 0 Å². The Labute approximate surface area is 128 Å². The van der Waals surface area contributed by atoms with Crippen LogP contribution in [0.4, 0.5) is 8.78 Å². The highest BCUT2D eigenvalue weighted by Crippen LogP contribution is 2.28. The molecule has 1 aliphatic heterocycles. The molecule has 1 aromatic heterocycles. The first-order valence-corrected chi connectivity index (χ1v) is 7.33. The van der Waals surface area contributed by atoms with E-state index in [0.717, 1.165) is 17.7 Å². The van der Waals surface area contributed by atoms with Gasteiger partial charge in [0, 0.05) is 36.1 Å². The molecule has 2 aromatic rings. The average Bonchev–Trinajstić information content (AvgIpc) is 2.56. The highest BCUT2D eigenvalue weighted by atomic mass is 19.3. The number of pyridine rings is 1. The Morgan fingerprint density at radius 1 is 1.18 bits per heavy atom. The lowest BCUT2D eigenvalue weighted by atomic mass is 9.98. The second-order valence-corrected chi connectivity index (χ2v) is 5.46. The van der Waals surface area contributed by atoms with Crippen LogP contribution in [-0.4, -0.2) is 24.2 Å². The van der Waals surface area contributed by atoms with Crippen molar-refractivity contribution in [1.29, 1.82) is 0 Å². The van der Waals surface area contributed by atoms with Crippen LogP contribution in [0.5, 0.6) is 0 Å². The highest BCUT2D eigenvalue weighted by Gasteiger charge is 2.23. The van der Waals surface area contributed by atoms with Gasteiger partial charge in [0.25, 0.3) is 6.43 Å². The Morgan fingerprint density at radius 3 is 2.64 bits per heavy atom. The minimum atomic E-state index is -2.51. The van der Waals surface area contributed by atoms with Crippen LogP contribution in [0.15, 0.2) is 42.7 Å². The van der Waals surface area contributed by atoms with Crippen LogP contribution in [0.25, 0.3) is 11.1 Å². The smallest absolute Gasteiger partial charge is 0.265 e. The lowest BCUT2D eigenvalue weighted by molar-refractivity contribution is -0.000215. The van der Waals surface area contributed by atoms with Gasteiger partial charge >= 0.3 is 0 Å². The first-order chi connectivity index (χ1) is 10.6. The topological polar surface area (TPSA) is 34.1 Å². The summed E-state index contributed by atoms with van der Waals surface area (Å²) < 4.78 is 31.3. The van der Waals surface area contributed by atoms with Crippen molar-refractivity contribution in [1.82, 2.24) is 10.3 Å². The summed E-state index contributed by atoms with van der Waals surface area (Å²) in [7, 11) is 0. The number of nitrogens with zero attached hydrogens (tertiary/aromatic N) is 1. The zero-order valence-electron chi connectivity index (χ0n) is 12.3. The normalized spacial score (nSPS) is 22.0. The van der Waals surface area contributed by atoms with Gasteiger partial charge in [-0.15, -0.1) is 0 Å². The largest absolute Gasteiger partial charge is 0.371 e. The zero-order chi connectivity index (χ0) is 15.5. The Bertz CT molecular complexity index is 631. The number of hydrogen-bond donors (Lipinski definition) is 1. The van der Waals surface area contributed by atoms with Crippen molar-refractivity contribution in [2.75, 3.05) is 13.2 Å². The van der Waals surface area contributed by atoms with Crippen LogP contribution < -0.4 is 5.32 Å². The van der Waals surface area contributed by atoms with Gasteiger partial charge in [0.05, 0.1) is 12.7 Å². The summed E-state index contributed by atoms with van der Waals surface area (Å²) >= 11 is 0. The number of benzene rings is 1. The molecule has 22 heavy (non-hydrogen) atoms. The van der Waals surface area contributed by atoms with E-state index < -0.39 is 6.43 Å². The Morgan fingerprint density at radius 2 is 1.95 bits per heavy atom. The molecule has 0 spiro atoms. The van der Waals surface area contributed by atoms with Crippen LogP contribution in [0.1, 0.15) is 30.6 Å². The molecular weight excluding hydrogens is 286 g/mol. The molecule has 2 heterocycles. The number of halogens is 2. The van der Waals surface area contributed by atoms with E-state index in [1.807, 2.05) is 24.3 Å². The van der Waals surface area contributed by atoms with Crippen LogP contribution in [0, 0.1) is 0 Å². The van der Waals surface area contributed by atoms with Crippen LogP contribution in [-0.2, 0) is 4.74 Å². The molecule has 3 rings (SSSR count). The fourth-order valence-corrected chi connectivity index (χ4v) is 2.71. The molecule has 1 aliphatic rings. The minimum absolute atomic E-state index is 0.0216. The van der Waals surface area contributed by atoms with E-state index in [1.165, 1.54) is 12.3 Å². The highest BCUT2D eigenvalue weighted by molar-refractivity contribution is 5.63. The SMILES string of the molecule is C[C@@H]1NCCO[C@H]1c1ccc(-c2cncc(C(F)F)c2)cc1. The maximum absolute atomic E-state index is 12.7. The lowest BCUT2D eigenvalue weighted by Crippen LogP contribution is -2.41. The van der Waals surface area contributed by atoms with Gasteiger partial charge in [-0.25, -0.2) is 8.78 Å². The van der Waals surface area contributed by atoms with Crippen molar-refractivity contribution in [2.45, 2.75) is 25.5 Å². The minimum Gasteiger partial charge on any atom is -0.371 e. The van der Waals surface area contributed by atoms with Crippen molar-refractivity contribution < 1.29 is 13.5 Å². The van der Waals surface area contributed by atoms with E-state index >= 15 is 0 Å². The van der Waals surface area contributed by atoms with Crippen LogP contribution in [0.3, 0.4) is 0 Å². The molecule has 116 valence electrons. The fraction of sp³-hybridized carbons (Fsp3) is 0.353. The van der Waals surface area contributed by atoms with Crippen LogP contribution >= 0.6 is 0 Å². The fourth-order valence-electron chi connectivity index (χ4n) is 2.71. The van der Waals surface area contributed by atoms with E-state index in [9.17, 15) is 8.78 Å². The number of nitrogens with one attached hydrogen (secondary N) is 1. The summed E-state index contributed by atoms with van der Waals surface area (Å²) in [4.78, 5) is 3.89. The van der Waals surface area contributed by atoms with E-state index in [-0.39, 0.29) is 17.7 Å². The molecular formula is C17H18F2N2O. The third-order valence-electron chi connectivity index (χ3n) is 3.90. The molecule has 0 bridgehead atoms. The van der Waals surface area contributed by atoms with E-state index in [0.29, 0.717) is 12.2 Å². The number of morpholine rings is 1. The zero-order valence-corrected chi connectivity index (χ0v) is 12.3. The Kier molecular flexibility index (Phi) is 4.45.